The van der Waals surface area contributed by atoms with E-state index in [1.807, 2.05) is 53.4 Å². The second kappa shape index (κ2) is 17.8. The Morgan fingerprint density at radius 2 is 1.79 bits per heavy atom. The number of carbonyl (C=O) groups excluding carboxylic acids is 2. The topological polar surface area (TPSA) is 103 Å². The van der Waals surface area contributed by atoms with Gasteiger partial charge in [-0.3, -0.25) is 14.9 Å². The molecule has 3 unspecified atom stereocenters. The number of carbonyl (C=O) groups is 2. The molecule has 2 aliphatic rings. The molecular weight excluding hydrogens is 656 g/mol. The van der Waals surface area contributed by atoms with Crippen LogP contribution in [0.25, 0.3) is 0 Å². The van der Waals surface area contributed by atoms with Crippen LogP contribution >= 0.6 is 15.9 Å². The largest absolute Gasteiger partial charge is 0.494 e. The number of benzene rings is 3. The summed E-state index contributed by atoms with van der Waals surface area (Å²) in [6.07, 6.45) is 4.86. The molecule has 4 atom stereocenters. The van der Waals surface area contributed by atoms with Crippen molar-refractivity contribution >= 4 is 27.7 Å². The van der Waals surface area contributed by atoms with Crippen molar-refractivity contribution in [2.75, 3.05) is 26.2 Å². The van der Waals surface area contributed by atoms with Crippen molar-refractivity contribution in [3.63, 3.8) is 0 Å². The van der Waals surface area contributed by atoms with E-state index in [0.717, 1.165) is 59.0 Å². The highest BCUT2D eigenvalue weighted by molar-refractivity contribution is 9.10. The van der Waals surface area contributed by atoms with Crippen LogP contribution in [0.5, 0.6) is 5.75 Å². The maximum Gasteiger partial charge on any atom is 0.238 e. The van der Waals surface area contributed by atoms with Gasteiger partial charge < -0.3 is 25.4 Å². The molecule has 1 fully saturated rings. The Hall–Kier alpha value is -3.24. The highest BCUT2D eigenvalue weighted by atomic mass is 79.9. The number of piperidine rings is 1. The number of halogens is 1. The van der Waals surface area contributed by atoms with Crippen LogP contribution in [0.3, 0.4) is 0 Å². The fourth-order valence-corrected chi connectivity index (χ4v) is 6.76. The lowest BCUT2D eigenvalue weighted by Crippen LogP contribution is -2.56. The molecule has 0 aliphatic carbocycles. The second-order valence-corrected chi connectivity index (χ2v) is 13.9. The van der Waals surface area contributed by atoms with Gasteiger partial charge in [0.1, 0.15) is 12.0 Å². The van der Waals surface area contributed by atoms with Crippen LogP contribution in [0.2, 0.25) is 0 Å². The summed E-state index contributed by atoms with van der Waals surface area (Å²) in [5, 5.41) is 21.2. The minimum atomic E-state index is -0.998. The van der Waals surface area contributed by atoms with Crippen molar-refractivity contribution < 1.29 is 19.4 Å². The molecule has 0 radical (unpaired) electrons. The minimum absolute atomic E-state index is 0.0139. The summed E-state index contributed by atoms with van der Waals surface area (Å²) in [4.78, 5) is 29.6. The van der Waals surface area contributed by atoms with Crippen LogP contribution in [0.4, 0.5) is 0 Å². The van der Waals surface area contributed by atoms with Gasteiger partial charge in [-0.25, -0.2) is 0 Å². The van der Waals surface area contributed by atoms with Gasteiger partial charge in [-0.2, -0.15) is 0 Å². The lowest BCUT2D eigenvalue weighted by Gasteiger charge is -2.34. The monoisotopic (exact) mass is 704 g/mol. The lowest BCUT2D eigenvalue weighted by atomic mass is 9.94. The molecule has 8 nitrogen and oxygen atoms in total. The summed E-state index contributed by atoms with van der Waals surface area (Å²) < 4.78 is 7.20. The van der Waals surface area contributed by atoms with E-state index in [0.29, 0.717) is 51.5 Å². The standard InChI is InChI=1S/C38H49BrN4O4/c1-27-11-17-33-23-31(27)25-41-37(45)34(18-14-28-7-3-2-4-8-28)42-38(46)35(40-20-5-9-29-12-15-32(39)16-13-29)24-36(44)43-21-6-10-30(26-43)19-22-47-33/h2-4,7-8,11-13,15-17,23,30,34-35,37,40-41,45H,5-6,9-10,14,18-22,24-26H2,1H3,(H,42,46)/t30?,34?,35-,37?/m0/s1. The molecule has 252 valence electrons. The van der Waals surface area contributed by atoms with E-state index in [4.69, 9.17) is 4.74 Å². The van der Waals surface area contributed by atoms with Gasteiger partial charge in [0.15, 0.2) is 0 Å². The van der Waals surface area contributed by atoms with Gasteiger partial charge in [0, 0.05) is 24.1 Å². The van der Waals surface area contributed by atoms with Gasteiger partial charge in [0.2, 0.25) is 11.8 Å². The number of hydrogen-bond acceptors (Lipinski definition) is 6. The number of aliphatic hydroxyl groups is 1. The van der Waals surface area contributed by atoms with Gasteiger partial charge in [-0.15, -0.1) is 0 Å². The Morgan fingerprint density at radius 3 is 2.60 bits per heavy atom. The van der Waals surface area contributed by atoms with E-state index in [-0.39, 0.29) is 18.2 Å². The number of ether oxygens (including phenoxy) is 1. The van der Waals surface area contributed by atoms with Gasteiger partial charge in [-0.1, -0.05) is 64.5 Å². The average Bonchev–Trinajstić information content (AvgIpc) is 3.08. The quantitative estimate of drug-likeness (QED) is 0.238. The summed E-state index contributed by atoms with van der Waals surface area (Å²) in [5.41, 5.74) is 4.49. The first-order valence-electron chi connectivity index (χ1n) is 17.1. The third-order valence-corrected chi connectivity index (χ3v) is 9.95. The molecular formula is C38H49BrN4O4. The van der Waals surface area contributed by atoms with Crippen molar-refractivity contribution in [2.45, 2.75) is 83.1 Å². The van der Waals surface area contributed by atoms with Crippen molar-refractivity contribution in [3.05, 3.63) is 99.5 Å². The van der Waals surface area contributed by atoms with Crippen molar-refractivity contribution in [1.29, 1.82) is 0 Å². The molecule has 4 N–H and O–H groups in total. The summed E-state index contributed by atoms with van der Waals surface area (Å²) in [7, 11) is 0. The highest BCUT2D eigenvalue weighted by Crippen LogP contribution is 2.23. The third-order valence-electron chi connectivity index (χ3n) is 9.43. The smallest absolute Gasteiger partial charge is 0.238 e. The normalized spacial score (nSPS) is 22.9. The zero-order valence-corrected chi connectivity index (χ0v) is 29.0. The Balaban J connectivity index is 1.34. The number of aryl methyl sites for hydroxylation is 3. The predicted molar refractivity (Wildman–Crippen MR) is 189 cm³/mol. The van der Waals surface area contributed by atoms with Gasteiger partial charge in [0.25, 0.3) is 0 Å². The number of nitrogens with one attached hydrogen (secondary N) is 3. The van der Waals surface area contributed by atoms with Crippen LogP contribution in [0.15, 0.2) is 77.3 Å². The minimum Gasteiger partial charge on any atom is -0.494 e. The Morgan fingerprint density at radius 1 is 1.00 bits per heavy atom. The van der Waals surface area contributed by atoms with E-state index in [1.165, 1.54) is 5.56 Å². The van der Waals surface area contributed by atoms with Crippen molar-refractivity contribution in [1.82, 2.24) is 20.9 Å². The third kappa shape index (κ3) is 10.9. The highest BCUT2D eigenvalue weighted by Gasteiger charge is 2.30. The van der Waals surface area contributed by atoms with Crippen LogP contribution < -0.4 is 20.7 Å². The maximum atomic E-state index is 14.0. The first kappa shape index (κ1) is 35.1. The lowest BCUT2D eigenvalue weighted by molar-refractivity contribution is -0.136. The molecule has 4 bridgehead atoms. The predicted octanol–water partition coefficient (Wildman–Crippen LogP) is 5.29. The second-order valence-electron chi connectivity index (χ2n) is 13.0. The van der Waals surface area contributed by atoms with Gasteiger partial charge in [-0.05, 0) is 111 Å². The molecule has 3 aromatic rings. The SMILES string of the molecule is Cc1ccc2cc1CNC(O)C(CCc1ccccc1)NC(=O)[C@@H](NCCCc1ccc(Br)cc1)CC(=O)N1CCCC(CCO2)C1. The molecule has 0 aromatic heterocycles. The van der Waals surface area contributed by atoms with Crippen molar-refractivity contribution in [3.8, 4) is 5.75 Å². The molecule has 9 heteroatoms. The molecule has 1 saturated heterocycles. The number of aliphatic hydroxyl groups excluding tert-OH is 1. The van der Waals surface area contributed by atoms with Gasteiger partial charge >= 0.3 is 0 Å². The fourth-order valence-electron chi connectivity index (χ4n) is 6.50. The number of amides is 2. The van der Waals surface area contributed by atoms with E-state index in [9.17, 15) is 14.7 Å². The number of fused-ring (bicyclic) bond motifs is 4. The van der Waals surface area contributed by atoms with E-state index in [2.05, 4.69) is 63.1 Å². The van der Waals surface area contributed by atoms with Crippen LogP contribution in [-0.2, 0) is 29.0 Å². The number of nitrogens with zero attached hydrogens (tertiary/aromatic N) is 1. The van der Waals surface area contributed by atoms with Crippen LogP contribution in [0, 0.1) is 12.8 Å². The Bertz CT molecular complexity index is 1440. The molecule has 2 heterocycles. The molecule has 0 saturated carbocycles. The van der Waals surface area contributed by atoms with Crippen LogP contribution in [-0.4, -0.2) is 66.4 Å². The zero-order chi connectivity index (χ0) is 33.0. The summed E-state index contributed by atoms with van der Waals surface area (Å²) >= 11 is 3.49. The van der Waals surface area contributed by atoms with Crippen molar-refractivity contribution in [2.24, 2.45) is 5.92 Å². The maximum absolute atomic E-state index is 14.0. The molecule has 2 amide bonds. The van der Waals surface area contributed by atoms with E-state index < -0.39 is 18.3 Å². The molecule has 3 aromatic carbocycles. The van der Waals surface area contributed by atoms with E-state index >= 15 is 0 Å². The molecule has 47 heavy (non-hydrogen) atoms. The molecule has 2 aliphatic heterocycles. The first-order valence-corrected chi connectivity index (χ1v) is 17.9. The molecule has 0 spiro atoms. The van der Waals surface area contributed by atoms with Gasteiger partial charge in [0.05, 0.1) is 25.1 Å². The summed E-state index contributed by atoms with van der Waals surface area (Å²) in [6.45, 7) is 5.04. The summed E-state index contributed by atoms with van der Waals surface area (Å²) in [5.74, 6) is 0.888. The Kier molecular flexibility index (Phi) is 13.3. The number of hydrogen-bond donors (Lipinski definition) is 4. The zero-order valence-electron chi connectivity index (χ0n) is 27.4. The molecule has 5 rings (SSSR count). The number of rotatable bonds is 8. The summed E-state index contributed by atoms with van der Waals surface area (Å²) in [6, 6.07) is 23.1. The Labute approximate surface area is 287 Å². The van der Waals surface area contributed by atoms with E-state index in [1.54, 1.807) is 0 Å². The fraction of sp³-hybridized carbons (Fsp3) is 0.474. The first-order chi connectivity index (χ1) is 22.8. The average molecular weight is 706 g/mol. The van der Waals surface area contributed by atoms with Crippen LogP contribution in [0.1, 0.15) is 60.8 Å².